The number of thiophene rings is 1. The number of fused-ring (bicyclic) bond motifs is 1. The first-order chi connectivity index (χ1) is 8.72. The first-order valence-corrected chi connectivity index (χ1v) is 7.65. The van der Waals surface area contributed by atoms with Crippen LogP contribution in [0.1, 0.15) is 0 Å². The molecule has 0 aliphatic heterocycles. The second-order valence-electron chi connectivity index (χ2n) is 3.59. The van der Waals surface area contributed by atoms with Gasteiger partial charge in [0.25, 0.3) is 0 Å². The van der Waals surface area contributed by atoms with Crippen molar-refractivity contribution in [2.45, 2.75) is 9.92 Å². The molecule has 0 spiro atoms. The summed E-state index contributed by atoms with van der Waals surface area (Å²) in [6, 6.07) is 10.1. The maximum atomic E-state index is 5.73. The first-order valence-electron chi connectivity index (χ1n) is 5.16. The van der Waals surface area contributed by atoms with E-state index in [1.54, 1.807) is 23.1 Å². The summed E-state index contributed by atoms with van der Waals surface area (Å²) in [5, 5.41) is 3.96. The minimum Gasteiger partial charge on any atom is -0.368 e. The Balaban J connectivity index is 2.06. The van der Waals surface area contributed by atoms with E-state index in [9.17, 15) is 0 Å². The fourth-order valence-electron chi connectivity index (χ4n) is 1.56. The molecule has 0 unspecified atom stereocenters. The van der Waals surface area contributed by atoms with Gasteiger partial charge in [0.2, 0.25) is 5.95 Å². The fourth-order valence-corrected chi connectivity index (χ4v) is 3.92. The number of halogens is 1. The lowest BCUT2D eigenvalue weighted by Crippen LogP contribution is -1.95. The molecular weight excluding hydrogens is 330 g/mol. The van der Waals surface area contributed by atoms with Crippen molar-refractivity contribution in [3.8, 4) is 0 Å². The highest BCUT2D eigenvalue weighted by Gasteiger charge is 2.09. The van der Waals surface area contributed by atoms with Crippen LogP contribution in [0.3, 0.4) is 0 Å². The Morgan fingerprint density at radius 3 is 2.94 bits per heavy atom. The molecule has 3 aromatic rings. The molecule has 0 amide bonds. The molecule has 18 heavy (non-hydrogen) atoms. The van der Waals surface area contributed by atoms with Gasteiger partial charge in [-0.05, 0) is 29.6 Å². The lowest BCUT2D eigenvalue weighted by molar-refractivity contribution is 1.12. The molecule has 3 rings (SSSR count). The Morgan fingerprint density at radius 1 is 1.22 bits per heavy atom. The normalized spacial score (nSPS) is 10.9. The Kier molecular flexibility index (Phi) is 3.23. The van der Waals surface area contributed by atoms with Gasteiger partial charge in [-0.15, -0.1) is 11.3 Å². The Labute approximate surface area is 121 Å². The molecule has 2 N–H and O–H groups in total. The quantitative estimate of drug-likeness (QED) is 0.712. The lowest BCUT2D eigenvalue weighted by atomic mass is 10.4. The summed E-state index contributed by atoms with van der Waals surface area (Å²) in [4.78, 5) is 10.6. The predicted molar refractivity (Wildman–Crippen MR) is 80.1 cm³/mol. The van der Waals surface area contributed by atoms with Crippen molar-refractivity contribution in [3.63, 3.8) is 0 Å². The number of rotatable bonds is 2. The van der Waals surface area contributed by atoms with Crippen molar-refractivity contribution in [1.29, 1.82) is 0 Å². The van der Waals surface area contributed by atoms with Gasteiger partial charge in [-0.3, -0.25) is 0 Å². The van der Waals surface area contributed by atoms with Gasteiger partial charge in [0, 0.05) is 14.8 Å². The molecule has 0 aliphatic carbocycles. The van der Waals surface area contributed by atoms with E-state index >= 15 is 0 Å². The van der Waals surface area contributed by atoms with Crippen LogP contribution < -0.4 is 5.73 Å². The van der Waals surface area contributed by atoms with E-state index in [0.29, 0.717) is 5.95 Å². The minimum atomic E-state index is 0.322. The molecular formula is C12H8BrN3S2. The SMILES string of the molecule is Nc1nc(Sc2cccc(Br)c2)c2ccsc2n1. The lowest BCUT2D eigenvalue weighted by Gasteiger charge is -2.03. The number of hydrogen-bond acceptors (Lipinski definition) is 5. The summed E-state index contributed by atoms with van der Waals surface area (Å²) in [5.74, 6) is 0.322. The Hall–Kier alpha value is -1.11. The molecule has 0 fully saturated rings. The standard InChI is InChI=1S/C12H8BrN3S2/c13-7-2-1-3-8(6-7)18-11-9-4-5-17-10(9)15-12(14)16-11/h1-6H,(H2,14,15,16). The van der Waals surface area contributed by atoms with Crippen molar-refractivity contribution in [1.82, 2.24) is 9.97 Å². The summed E-state index contributed by atoms with van der Waals surface area (Å²) < 4.78 is 1.05. The van der Waals surface area contributed by atoms with Gasteiger partial charge in [-0.2, -0.15) is 0 Å². The van der Waals surface area contributed by atoms with E-state index in [4.69, 9.17) is 5.73 Å². The third-order valence-electron chi connectivity index (χ3n) is 2.32. The van der Waals surface area contributed by atoms with E-state index in [2.05, 4.69) is 32.0 Å². The van der Waals surface area contributed by atoms with Crippen LogP contribution in [0.25, 0.3) is 10.2 Å². The van der Waals surface area contributed by atoms with Crippen LogP contribution in [0.5, 0.6) is 0 Å². The van der Waals surface area contributed by atoms with Gasteiger partial charge in [0.1, 0.15) is 9.86 Å². The molecule has 2 aromatic heterocycles. The van der Waals surface area contributed by atoms with Crippen molar-refractivity contribution in [3.05, 3.63) is 40.2 Å². The van der Waals surface area contributed by atoms with Gasteiger partial charge >= 0.3 is 0 Å². The second kappa shape index (κ2) is 4.87. The third kappa shape index (κ3) is 2.36. The predicted octanol–water partition coefficient (Wildman–Crippen LogP) is 4.19. The largest absolute Gasteiger partial charge is 0.368 e. The van der Waals surface area contributed by atoms with Crippen LogP contribution >= 0.6 is 39.0 Å². The van der Waals surface area contributed by atoms with Crippen molar-refractivity contribution < 1.29 is 0 Å². The summed E-state index contributed by atoms with van der Waals surface area (Å²) in [5.41, 5.74) is 5.73. The van der Waals surface area contributed by atoms with Crippen molar-refractivity contribution >= 4 is 55.2 Å². The zero-order chi connectivity index (χ0) is 12.5. The monoisotopic (exact) mass is 337 g/mol. The van der Waals surface area contributed by atoms with Crippen LogP contribution in [-0.2, 0) is 0 Å². The van der Waals surface area contributed by atoms with Crippen LogP contribution in [-0.4, -0.2) is 9.97 Å². The minimum absolute atomic E-state index is 0.322. The number of nitrogen functional groups attached to an aromatic ring is 1. The van der Waals surface area contributed by atoms with Gasteiger partial charge in [0.05, 0.1) is 0 Å². The summed E-state index contributed by atoms with van der Waals surface area (Å²) in [7, 11) is 0. The van der Waals surface area contributed by atoms with E-state index in [-0.39, 0.29) is 0 Å². The zero-order valence-electron chi connectivity index (χ0n) is 9.13. The molecule has 1 aromatic carbocycles. The topological polar surface area (TPSA) is 51.8 Å². The van der Waals surface area contributed by atoms with Crippen LogP contribution in [0.4, 0.5) is 5.95 Å². The number of nitrogens with two attached hydrogens (primary N) is 1. The highest BCUT2D eigenvalue weighted by Crippen LogP contribution is 2.34. The fraction of sp³-hybridized carbons (Fsp3) is 0. The summed E-state index contributed by atoms with van der Waals surface area (Å²) in [6.07, 6.45) is 0. The second-order valence-corrected chi connectivity index (χ2v) is 6.46. The number of benzene rings is 1. The molecule has 0 saturated carbocycles. The van der Waals surface area contributed by atoms with Gasteiger partial charge < -0.3 is 5.73 Å². The van der Waals surface area contributed by atoms with Gasteiger partial charge in [0.15, 0.2) is 0 Å². The van der Waals surface area contributed by atoms with Crippen molar-refractivity contribution in [2.75, 3.05) is 5.73 Å². The van der Waals surface area contributed by atoms with E-state index in [1.807, 2.05) is 29.6 Å². The molecule has 2 heterocycles. The van der Waals surface area contributed by atoms with E-state index < -0.39 is 0 Å². The molecule has 3 nitrogen and oxygen atoms in total. The molecule has 0 saturated heterocycles. The van der Waals surface area contributed by atoms with Crippen LogP contribution in [0, 0.1) is 0 Å². The Morgan fingerprint density at radius 2 is 2.11 bits per heavy atom. The molecule has 90 valence electrons. The molecule has 0 atom stereocenters. The number of nitrogens with zero attached hydrogens (tertiary/aromatic N) is 2. The highest BCUT2D eigenvalue weighted by molar-refractivity contribution is 9.10. The van der Waals surface area contributed by atoms with Crippen LogP contribution in [0.2, 0.25) is 0 Å². The van der Waals surface area contributed by atoms with E-state index in [0.717, 1.165) is 24.6 Å². The van der Waals surface area contributed by atoms with Crippen molar-refractivity contribution in [2.24, 2.45) is 0 Å². The maximum absolute atomic E-state index is 5.73. The average molecular weight is 338 g/mol. The third-order valence-corrected chi connectivity index (χ3v) is 4.61. The molecule has 0 aliphatic rings. The molecule has 0 bridgehead atoms. The smallest absolute Gasteiger partial charge is 0.222 e. The van der Waals surface area contributed by atoms with Gasteiger partial charge in [-0.25, -0.2) is 9.97 Å². The number of aromatic nitrogens is 2. The summed E-state index contributed by atoms with van der Waals surface area (Å²) >= 11 is 6.63. The zero-order valence-corrected chi connectivity index (χ0v) is 12.3. The first kappa shape index (κ1) is 12.0. The van der Waals surface area contributed by atoms with Gasteiger partial charge in [-0.1, -0.05) is 33.8 Å². The number of anilines is 1. The number of hydrogen-bond donors (Lipinski definition) is 1. The maximum Gasteiger partial charge on any atom is 0.222 e. The molecule has 0 radical (unpaired) electrons. The summed E-state index contributed by atoms with van der Waals surface area (Å²) in [6.45, 7) is 0. The van der Waals surface area contributed by atoms with E-state index in [1.165, 1.54) is 0 Å². The Bertz CT molecular complexity index is 711. The molecule has 6 heteroatoms. The highest BCUT2D eigenvalue weighted by atomic mass is 79.9. The average Bonchev–Trinajstić information content (AvgIpc) is 2.77. The van der Waals surface area contributed by atoms with Crippen LogP contribution in [0.15, 0.2) is 50.1 Å².